The molecule has 0 fully saturated rings. The molecule has 0 radical (unpaired) electrons. The van der Waals surface area contributed by atoms with Crippen LogP contribution in [0.15, 0.2) is 60.8 Å². The minimum atomic E-state index is -0.226. The number of rotatable bonds is 7. The summed E-state index contributed by atoms with van der Waals surface area (Å²) >= 11 is 5.77. The van der Waals surface area contributed by atoms with E-state index in [0.717, 1.165) is 40.9 Å². The molecule has 0 aliphatic heterocycles. The number of aryl methyl sites for hydroxylation is 1. The molecule has 0 bridgehead atoms. The van der Waals surface area contributed by atoms with Crippen molar-refractivity contribution < 1.29 is 4.79 Å². The number of pyridine rings is 1. The van der Waals surface area contributed by atoms with Crippen LogP contribution in [0.5, 0.6) is 0 Å². The van der Waals surface area contributed by atoms with E-state index in [1.54, 1.807) is 12.1 Å². The third-order valence-corrected chi connectivity index (χ3v) is 5.37. The van der Waals surface area contributed by atoms with Crippen LogP contribution in [0.2, 0.25) is 5.15 Å². The molecule has 2 heterocycles. The van der Waals surface area contributed by atoms with Crippen molar-refractivity contribution in [2.45, 2.75) is 13.3 Å². The summed E-state index contributed by atoms with van der Waals surface area (Å²) in [6, 6.07) is 17.2. The highest BCUT2D eigenvalue weighted by atomic mass is 35.5. The zero-order valence-electron chi connectivity index (χ0n) is 18.8. The summed E-state index contributed by atoms with van der Waals surface area (Å²) in [5.41, 5.74) is 4.41. The van der Waals surface area contributed by atoms with Crippen molar-refractivity contribution in [1.82, 2.24) is 15.0 Å². The van der Waals surface area contributed by atoms with E-state index in [1.165, 1.54) is 11.8 Å². The SMILES string of the molecule is Cc1ccc2nc(N(C)C)nc(NCCc3ccc(NC(=O)c4ccc(Cl)nc4)cc3)c2c1. The molecular formula is C25H25ClN6O. The standard InChI is InChI=1S/C25H25ClN6O/c1-16-4-10-21-20(14-16)23(31-25(30-21)32(2)3)27-13-12-17-5-8-19(9-6-17)29-24(33)18-7-11-22(26)28-15-18/h4-11,14-15H,12-13H2,1-3H3,(H,29,33)(H,27,30,31). The fourth-order valence-corrected chi connectivity index (χ4v) is 3.47. The van der Waals surface area contributed by atoms with Crippen LogP contribution >= 0.6 is 11.6 Å². The Morgan fingerprint density at radius 3 is 2.52 bits per heavy atom. The van der Waals surface area contributed by atoms with Gasteiger partial charge in [-0.05, 0) is 55.3 Å². The van der Waals surface area contributed by atoms with Gasteiger partial charge >= 0.3 is 0 Å². The first-order valence-corrected chi connectivity index (χ1v) is 11.0. The van der Waals surface area contributed by atoms with Gasteiger partial charge in [-0.1, -0.05) is 35.4 Å². The maximum Gasteiger partial charge on any atom is 0.257 e. The molecule has 1 amide bonds. The molecular weight excluding hydrogens is 436 g/mol. The van der Waals surface area contributed by atoms with E-state index in [-0.39, 0.29) is 5.91 Å². The zero-order valence-corrected chi connectivity index (χ0v) is 19.5. The van der Waals surface area contributed by atoms with Gasteiger partial charge < -0.3 is 15.5 Å². The second-order valence-corrected chi connectivity index (χ2v) is 8.37. The second-order valence-electron chi connectivity index (χ2n) is 7.98. The minimum absolute atomic E-state index is 0.226. The number of nitrogens with one attached hydrogen (secondary N) is 2. The predicted octanol–water partition coefficient (Wildman–Crippen LogP) is 4.96. The largest absolute Gasteiger partial charge is 0.369 e. The van der Waals surface area contributed by atoms with Gasteiger partial charge in [-0.3, -0.25) is 4.79 Å². The summed E-state index contributed by atoms with van der Waals surface area (Å²) in [5.74, 6) is 1.27. The maximum atomic E-state index is 12.3. The lowest BCUT2D eigenvalue weighted by Crippen LogP contribution is -2.15. The van der Waals surface area contributed by atoms with Crippen LogP contribution in [0.3, 0.4) is 0 Å². The first-order chi connectivity index (χ1) is 15.9. The highest BCUT2D eigenvalue weighted by Crippen LogP contribution is 2.24. The average molecular weight is 461 g/mol. The van der Waals surface area contributed by atoms with Crippen LogP contribution in [0, 0.1) is 6.92 Å². The lowest BCUT2D eigenvalue weighted by Gasteiger charge is -2.15. The van der Waals surface area contributed by atoms with Gasteiger partial charge in [-0.2, -0.15) is 4.98 Å². The maximum absolute atomic E-state index is 12.3. The Bertz CT molecular complexity index is 1270. The number of hydrogen-bond acceptors (Lipinski definition) is 6. The van der Waals surface area contributed by atoms with E-state index in [9.17, 15) is 4.79 Å². The van der Waals surface area contributed by atoms with E-state index in [1.807, 2.05) is 49.3 Å². The number of aromatic nitrogens is 3. The third-order valence-electron chi connectivity index (χ3n) is 5.15. The summed E-state index contributed by atoms with van der Waals surface area (Å²) in [6.07, 6.45) is 2.27. The Morgan fingerprint density at radius 1 is 1.03 bits per heavy atom. The van der Waals surface area contributed by atoms with Gasteiger partial charge in [0.05, 0.1) is 11.1 Å². The quantitative estimate of drug-likeness (QED) is 0.379. The van der Waals surface area contributed by atoms with Crippen LogP contribution < -0.4 is 15.5 Å². The monoisotopic (exact) mass is 460 g/mol. The van der Waals surface area contributed by atoms with Gasteiger partial charge in [0.15, 0.2) is 0 Å². The number of amides is 1. The summed E-state index contributed by atoms with van der Waals surface area (Å²) in [7, 11) is 3.87. The van der Waals surface area contributed by atoms with E-state index in [2.05, 4.69) is 39.7 Å². The number of carbonyl (C=O) groups excluding carboxylic acids is 1. The molecule has 2 aromatic heterocycles. The fourth-order valence-electron chi connectivity index (χ4n) is 3.36. The van der Waals surface area contributed by atoms with Crippen molar-refractivity contribution in [3.8, 4) is 0 Å². The molecule has 0 spiro atoms. The summed E-state index contributed by atoms with van der Waals surface area (Å²) < 4.78 is 0. The minimum Gasteiger partial charge on any atom is -0.369 e. The zero-order chi connectivity index (χ0) is 23.4. The molecule has 8 heteroatoms. The molecule has 2 N–H and O–H groups in total. The van der Waals surface area contributed by atoms with Gasteiger partial charge in [0.2, 0.25) is 5.95 Å². The van der Waals surface area contributed by atoms with Crippen molar-refractivity contribution in [1.29, 1.82) is 0 Å². The van der Waals surface area contributed by atoms with Gasteiger partial charge in [0, 0.05) is 37.9 Å². The van der Waals surface area contributed by atoms with Crippen molar-refractivity contribution in [2.75, 3.05) is 36.2 Å². The Kier molecular flexibility index (Phi) is 6.70. The molecule has 0 saturated heterocycles. The number of carbonyl (C=O) groups is 1. The van der Waals surface area contributed by atoms with E-state index in [4.69, 9.17) is 16.6 Å². The molecule has 4 rings (SSSR count). The van der Waals surface area contributed by atoms with E-state index >= 15 is 0 Å². The Balaban J connectivity index is 1.40. The molecule has 2 aromatic carbocycles. The highest BCUT2D eigenvalue weighted by Gasteiger charge is 2.10. The van der Waals surface area contributed by atoms with Gasteiger partial charge in [-0.15, -0.1) is 0 Å². The number of hydrogen-bond donors (Lipinski definition) is 2. The van der Waals surface area contributed by atoms with Crippen LogP contribution in [0.4, 0.5) is 17.5 Å². The molecule has 168 valence electrons. The van der Waals surface area contributed by atoms with E-state index in [0.29, 0.717) is 16.7 Å². The fraction of sp³-hybridized carbons (Fsp3) is 0.200. The van der Waals surface area contributed by atoms with Gasteiger partial charge in [-0.25, -0.2) is 9.97 Å². The van der Waals surface area contributed by atoms with Crippen LogP contribution in [-0.2, 0) is 6.42 Å². The van der Waals surface area contributed by atoms with Crippen LogP contribution in [-0.4, -0.2) is 41.5 Å². The lowest BCUT2D eigenvalue weighted by molar-refractivity contribution is 0.102. The van der Waals surface area contributed by atoms with Crippen molar-refractivity contribution in [2.24, 2.45) is 0 Å². The number of benzene rings is 2. The van der Waals surface area contributed by atoms with Crippen molar-refractivity contribution >= 4 is 45.9 Å². The normalized spacial score (nSPS) is 10.8. The molecule has 0 aliphatic carbocycles. The van der Waals surface area contributed by atoms with Crippen molar-refractivity contribution in [3.05, 3.63) is 82.6 Å². The third kappa shape index (κ3) is 5.56. The Morgan fingerprint density at radius 2 is 1.82 bits per heavy atom. The summed E-state index contributed by atoms with van der Waals surface area (Å²) in [6.45, 7) is 2.78. The first-order valence-electron chi connectivity index (χ1n) is 10.6. The summed E-state index contributed by atoms with van der Waals surface area (Å²) in [5, 5.41) is 7.70. The highest BCUT2D eigenvalue weighted by molar-refractivity contribution is 6.29. The molecule has 0 atom stereocenters. The van der Waals surface area contributed by atoms with E-state index < -0.39 is 0 Å². The second kappa shape index (κ2) is 9.83. The molecule has 33 heavy (non-hydrogen) atoms. The number of nitrogens with zero attached hydrogens (tertiary/aromatic N) is 4. The first kappa shape index (κ1) is 22.5. The molecule has 4 aromatic rings. The number of fused-ring (bicyclic) bond motifs is 1. The van der Waals surface area contributed by atoms with Crippen LogP contribution in [0.25, 0.3) is 10.9 Å². The topological polar surface area (TPSA) is 83.0 Å². The lowest BCUT2D eigenvalue weighted by atomic mass is 10.1. The predicted molar refractivity (Wildman–Crippen MR) is 134 cm³/mol. The smallest absolute Gasteiger partial charge is 0.257 e. The molecule has 0 saturated carbocycles. The molecule has 0 unspecified atom stereocenters. The Hall–Kier alpha value is -3.71. The summed E-state index contributed by atoms with van der Waals surface area (Å²) in [4.78, 5) is 27.5. The number of halogens is 1. The van der Waals surface area contributed by atoms with Crippen molar-refractivity contribution in [3.63, 3.8) is 0 Å². The number of anilines is 3. The van der Waals surface area contributed by atoms with Gasteiger partial charge in [0.1, 0.15) is 11.0 Å². The van der Waals surface area contributed by atoms with Crippen LogP contribution in [0.1, 0.15) is 21.5 Å². The Labute approximate surface area is 197 Å². The molecule has 0 aliphatic rings. The average Bonchev–Trinajstić information content (AvgIpc) is 2.80. The molecule has 7 nitrogen and oxygen atoms in total. The van der Waals surface area contributed by atoms with Gasteiger partial charge in [0.25, 0.3) is 5.91 Å².